The maximum Gasteiger partial charge on any atom is 0.225 e. The van der Waals surface area contributed by atoms with Crippen LogP contribution in [0.4, 0.5) is 8.78 Å². The van der Waals surface area contributed by atoms with E-state index in [-0.39, 0.29) is 35.6 Å². The third-order valence-electron chi connectivity index (χ3n) is 5.51. The SMILES string of the molecule is O=C(N[C@@H]1C[C@@H]1c1ccc(F)cc1F)[C@@H]1CCCN(C(=O)C2CC2)C1. The van der Waals surface area contributed by atoms with E-state index in [1.165, 1.54) is 12.1 Å². The molecular weight excluding hydrogens is 326 g/mol. The van der Waals surface area contributed by atoms with Crippen LogP contribution < -0.4 is 5.32 Å². The molecule has 1 saturated heterocycles. The largest absolute Gasteiger partial charge is 0.352 e. The Morgan fingerprint density at radius 1 is 1.12 bits per heavy atom. The lowest BCUT2D eigenvalue weighted by atomic mass is 9.96. The molecule has 3 fully saturated rings. The Morgan fingerprint density at radius 2 is 1.92 bits per heavy atom. The monoisotopic (exact) mass is 348 g/mol. The number of carbonyl (C=O) groups excluding carboxylic acids is 2. The molecule has 4 rings (SSSR count). The molecule has 0 bridgehead atoms. The number of benzene rings is 1. The molecule has 25 heavy (non-hydrogen) atoms. The highest BCUT2D eigenvalue weighted by Crippen LogP contribution is 2.42. The number of hydrogen-bond acceptors (Lipinski definition) is 2. The van der Waals surface area contributed by atoms with Gasteiger partial charge >= 0.3 is 0 Å². The zero-order chi connectivity index (χ0) is 17.6. The van der Waals surface area contributed by atoms with E-state index in [9.17, 15) is 18.4 Å². The van der Waals surface area contributed by atoms with Crippen LogP contribution in [0.3, 0.4) is 0 Å². The summed E-state index contributed by atoms with van der Waals surface area (Å²) in [7, 11) is 0. The number of rotatable bonds is 4. The van der Waals surface area contributed by atoms with Crippen LogP contribution in [0.2, 0.25) is 0 Å². The summed E-state index contributed by atoms with van der Waals surface area (Å²) in [6, 6.07) is 3.49. The molecule has 0 aromatic heterocycles. The maximum atomic E-state index is 13.8. The molecule has 4 nitrogen and oxygen atoms in total. The van der Waals surface area contributed by atoms with Gasteiger partial charge in [-0.25, -0.2) is 8.78 Å². The van der Waals surface area contributed by atoms with E-state index in [1.54, 1.807) is 0 Å². The predicted octanol–water partition coefficient (Wildman–Crippen LogP) is 2.59. The molecular formula is C19H22F2N2O2. The van der Waals surface area contributed by atoms with Gasteiger partial charge in [-0.2, -0.15) is 0 Å². The molecule has 3 atom stereocenters. The number of halogens is 2. The van der Waals surface area contributed by atoms with Gasteiger partial charge in [-0.1, -0.05) is 6.07 Å². The van der Waals surface area contributed by atoms with Crippen LogP contribution in [-0.4, -0.2) is 35.8 Å². The Balaban J connectivity index is 1.32. The van der Waals surface area contributed by atoms with Crippen LogP contribution in [0.25, 0.3) is 0 Å². The highest BCUT2D eigenvalue weighted by atomic mass is 19.1. The lowest BCUT2D eigenvalue weighted by Crippen LogP contribution is -2.46. The molecule has 134 valence electrons. The Morgan fingerprint density at radius 3 is 2.64 bits per heavy atom. The van der Waals surface area contributed by atoms with Crippen molar-refractivity contribution in [1.82, 2.24) is 10.2 Å². The summed E-state index contributed by atoms with van der Waals surface area (Å²) in [5, 5.41) is 2.98. The Kier molecular flexibility index (Phi) is 4.21. The van der Waals surface area contributed by atoms with Crippen molar-refractivity contribution in [2.45, 2.75) is 44.1 Å². The van der Waals surface area contributed by atoms with Crippen molar-refractivity contribution >= 4 is 11.8 Å². The van der Waals surface area contributed by atoms with Crippen LogP contribution in [-0.2, 0) is 9.59 Å². The van der Waals surface area contributed by atoms with Crippen molar-refractivity contribution in [3.05, 3.63) is 35.4 Å². The van der Waals surface area contributed by atoms with Crippen molar-refractivity contribution in [2.75, 3.05) is 13.1 Å². The van der Waals surface area contributed by atoms with Crippen molar-refractivity contribution in [3.8, 4) is 0 Å². The molecule has 1 aromatic carbocycles. The quantitative estimate of drug-likeness (QED) is 0.909. The first-order chi connectivity index (χ1) is 12.0. The number of nitrogens with zero attached hydrogens (tertiary/aromatic N) is 1. The van der Waals surface area contributed by atoms with Crippen LogP contribution >= 0.6 is 0 Å². The predicted molar refractivity (Wildman–Crippen MR) is 87.7 cm³/mol. The molecule has 2 amide bonds. The second-order valence-electron chi connectivity index (χ2n) is 7.52. The fourth-order valence-electron chi connectivity index (χ4n) is 3.78. The summed E-state index contributed by atoms with van der Waals surface area (Å²) < 4.78 is 26.8. The Hall–Kier alpha value is -1.98. The number of piperidine rings is 1. The van der Waals surface area contributed by atoms with Gasteiger partial charge in [-0.05, 0) is 43.7 Å². The summed E-state index contributed by atoms with van der Waals surface area (Å²) in [6.45, 7) is 1.23. The number of amides is 2. The molecule has 1 aliphatic heterocycles. The summed E-state index contributed by atoms with van der Waals surface area (Å²) in [6.07, 6.45) is 4.24. The van der Waals surface area contributed by atoms with Crippen LogP contribution in [0.15, 0.2) is 18.2 Å². The fourth-order valence-corrected chi connectivity index (χ4v) is 3.78. The van der Waals surface area contributed by atoms with Gasteiger partial charge in [0.1, 0.15) is 11.6 Å². The third kappa shape index (κ3) is 3.53. The molecule has 3 aliphatic rings. The van der Waals surface area contributed by atoms with Crippen LogP contribution in [0, 0.1) is 23.5 Å². The summed E-state index contributed by atoms with van der Waals surface area (Å²) in [4.78, 5) is 26.5. The van der Waals surface area contributed by atoms with E-state index in [2.05, 4.69) is 5.32 Å². The van der Waals surface area contributed by atoms with E-state index < -0.39 is 11.6 Å². The lowest BCUT2D eigenvalue weighted by molar-refractivity contribution is -0.136. The minimum atomic E-state index is -0.592. The highest BCUT2D eigenvalue weighted by molar-refractivity contribution is 5.83. The van der Waals surface area contributed by atoms with Gasteiger partial charge in [0, 0.05) is 37.0 Å². The number of carbonyl (C=O) groups is 2. The molecule has 2 saturated carbocycles. The fraction of sp³-hybridized carbons (Fsp3) is 0.579. The number of likely N-dealkylation sites (tertiary alicyclic amines) is 1. The summed E-state index contributed by atoms with van der Waals surface area (Å²) >= 11 is 0. The average molecular weight is 348 g/mol. The van der Waals surface area contributed by atoms with E-state index in [4.69, 9.17) is 0 Å². The number of nitrogens with one attached hydrogen (secondary N) is 1. The standard InChI is InChI=1S/C19H22F2N2O2/c20-13-5-6-14(16(21)8-13)15-9-17(15)22-18(24)12-2-1-7-23(10-12)19(25)11-3-4-11/h5-6,8,11-12,15,17H,1-4,7,9-10H2,(H,22,24)/t12-,15-,17-/m1/s1. The zero-order valence-electron chi connectivity index (χ0n) is 14.0. The molecule has 1 heterocycles. The first kappa shape index (κ1) is 16.5. The van der Waals surface area contributed by atoms with Crippen molar-refractivity contribution in [1.29, 1.82) is 0 Å². The first-order valence-electron chi connectivity index (χ1n) is 9.07. The smallest absolute Gasteiger partial charge is 0.225 e. The molecule has 0 unspecified atom stereocenters. The minimum Gasteiger partial charge on any atom is -0.352 e. The second kappa shape index (κ2) is 6.39. The van der Waals surface area contributed by atoms with Crippen molar-refractivity contribution < 1.29 is 18.4 Å². The van der Waals surface area contributed by atoms with Gasteiger partial charge < -0.3 is 10.2 Å². The average Bonchev–Trinajstić information content (AvgIpc) is 3.49. The second-order valence-corrected chi connectivity index (χ2v) is 7.52. The molecule has 0 radical (unpaired) electrons. The summed E-state index contributed by atoms with van der Waals surface area (Å²) in [5.41, 5.74) is 0.459. The molecule has 6 heteroatoms. The molecule has 0 spiro atoms. The van der Waals surface area contributed by atoms with Gasteiger partial charge in [-0.15, -0.1) is 0 Å². The van der Waals surface area contributed by atoms with Crippen molar-refractivity contribution in [3.63, 3.8) is 0 Å². The van der Waals surface area contributed by atoms with Gasteiger partial charge in [0.2, 0.25) is 11.8 Å². The van der Waals surface area contributed by atoms with E-state index in [0.717, 1.165) is 38.3 Å². The van der Waals surface area contributed by atoms with E-state index in [1.807, 2.05) is 4.90 Å². The van der Waals surface area contributed by atoms with Gasteiger partial charge in [0.05, 0.1) is 5.92 Å². The zero-order valence-corrected chi connectivity index (χ0v) is 14.0. The van der Waals surface area contributed by atoms with Crippen LogP contribution in [0.5, 0.6) is 0 Å². The molecule has 1 N–H and O–H groups in total. The number of hydrogen-bond donors (Lipinski definition) is 1. The molecule has 2 aliphatic carbocycles. The van der Waals surface area contributed by atoms with Gasteiger partial charge in [0.15, 0.2) is 0 Å². The Labute approximate surface area is 145 Å². The normalized spacial score (nSPS) is 28.6. The maximum absolute atomic E-state index is 13.8. The van der Waals surface area contributed by atoms with Crippen molar-refractivity contribution in [2.24, 2.45) is 11.8 Å². The van der Waals surface area contributed by atoms with E-state index in [0.29, 0.717) is 18.5 Å². The lowest BCUT2D eigenvalue weighted by Gasteiger charge is -2.32. The van der Waals surface area contributed by atoms with E-state index >= 15 is 0 Å². The highest BCUT2D eigenvalue weighted by Gasteiger charge is 2.43. The van der Waals surface area contributed by atoms with Crippen LogP contribution in [0.1, 0.15) is 43.6 Å². The minimum absolute atomic E-state index is 0.0525. The first-order valence-corrected chi connectivity index (χ1v) is 9.07. The van der Waals surface area contributed by atoms with Gasteiger partial charge in [0.25, 0.3) is 0 Å². The Bertz CT molecular complexity index is 705. The topological polar surface area (TPSA) is 49.4 Å². The van der Waals surface area contributed by atoms with Gasteiger partial charge in [-0.3, -0.25) is 9.59 Å². The summed E-state index contributed by atoms with van der Waals surface area (Å²) in [5.74, 6) is -1.10. The third-order valence-corrected chi connectivity index (χ3v) is 5.51. The molecule has 1 aromatic rings.